The average molecular weight is 320 g/mol. The summed E-state index contributed by atoms with van der Waals surface area (Å²) in [6, 6.07) is 9.63. The Balaban J connectivity index is 0.00000220. The standard InChI is InChI=1S/C15H17BF3O.K/c1-3-6-11(2)20-14-10-9-12-7-4-5-8-13(12)15(14)16(17,18)19;/h4-5,7-11H,3,6H2,1-2H3;/q-1;+1. The zero-order valence-electron chi connectivity index (χ0n) is 12.6. The third-order valence-corrected chi connectivity index (χ3v) is 3.28. The molecule has 2 aromatic carbocycles. The monoisotopic (exact) mass is 320 g/mol. The second kappa shape index (κ2) is 8.02. The second-order valence-electron chi connectivity index (χ2n) is 4.99. The van der Waals surface area contributed by atoms with Crippen LogP contribution in [-0.2, 0) is 0 Å². The summed E-state index contributed by atoms with van der Waals surface area (Å²) < 4.78 is 45.7. The number of hydrogen-bond acceptors (Lipinski definition) is 1. The quantitative estimate of drug-likeness (QED) is 0.758. The van der Waals surface area contributed by atoms with Crippen molar-refractivity contribution in [2.45, 2.75) is 32.8 Å². The van der Waals surface area contributed by atoms with E-state index < -0.39 is 12.4 Å². The fourth-order valence-electron chi connectivity index (χ4n) is 2.40. The maximum atomic E-state index is 13.4. The molecule has 1 unspecified atom stereocenters. The van der Waals surface area contributed by atoms with Gasteiger partial charge in [0.05, 0.1) is 11.9 Å². The molecule has 21 heavy (non-hydrogen) atoms. The summed E-state index contributed by atoms with van der Waals surface area (Å²) in [5.74, 6) is -0.0582. The van der Waals surface area contributed by atoms with Gasteiger partial charge in [-0.1, -0.05) is 49.1 Å². The van der Waals surface area contributed by atoms with Crippen molar-refractivity contribution in [3.63, 3.8) is 0 Å². The molecule has 0 bridgehead atoms. The van der Waals surface area contributed by atoms with E-state index in [1.165, 1.54) is 12.1 Å². The molecule has 1 atom stereocenters. The Kier molecular flexibility index (Phi) is 7.27. The first-order valence-corrected chi connectivity index (χ1v) is 6.81. The van der Waals surface area contributed by atoms with Crippen molar-refractivity contribution < 1.29 is 69.1 Å². The van der Waals surface area contributed by atoms with Crippen LogP contribution < -0.4 is 61.6 Å². The first-order valence-electron chi connectivity index (χ1n) is 6.81. The molecule has 0 aromatic heterocycles. The van der Waals surface area contributed by atoms with Gasteiger partial charge in [-0.15, -0.1) is 0 Å². The maximum absolute atomic E-state index is 13.4. The van der Waals surface area contributed by atoms with Gasteiger partial charge in [0.1, 0.15) is 0 Å². The van der Waals surface area contributed by atoms with Crippen LogP contribution in [0.4, 0.5) is 12.9 Å². The zero-order chi connectivity index (χ0) is 14.8. The van der Waals surface area contributed by atoms with Gasteiger partial charge in [-0.2, -0.15) is 0 Å². The van der Waals surface area contributed by atoms with Gasteiger partial charge in [0.2, 0.25) is 0 Å². The minimum atomic E-state index is -5.12. The Bertz CT molecular complexity index is 601. The summed E-state index contributed by atoms with van der Waals surface area (Å²) in [6.45, 7) is -1.34. The van der Waals surface area contributed by atoms with Gasteiger partial charge < -0.3 is 17.7 Å². The van der Waals surface area contributed by atoms with Crippen LogP contribution in [0.5, 0.6) is 5.75 Å². The third-order valence-electron chi connectivity index (χ3n) is 3.28. The number of ether oxygens (including phenoxy) is 1. The number of hydrogen-bond donors (Lipinski definition) is 0. The first kappa shape index (κ1) is 19.0. The molecular weight excluding hydrogens is 303 g/mol. The largest absolute Gasteiger partial charge is 1.00 e. The molecule has 0 aliphatic carbocycles. The summed E-state index contributed by atoms with van der Waals surface area (Å²) in [5.41, 5.74) is -0.619. The molecule has 0 radical (unpaired) electrons. The number of rotatable bonds is 5. The molecule has 0 heterocycles. The zero-order valence-corrected chi connectivity index (χ0v) is 15.7. The van der Waals surface area contributed by atoms with Gasteiger partial charge in [-0.05, 0) is 30.2 Å². The van der Waals surface area contributed by atoms with E-state index in [1.54, 1.807) is 31.2 Å². The van der Waals surface area contributed by atoms with Crippen LogP contribution in [0.1, 0.15) is 26.7 Å². The number of halogens is 3. The Labute approximate surface area is 165 Å². The predicted molar refractivity (Wildman–Crippen MR) is 77.7 cm³/mol. The second-order valence-corrected chi connectivity index (χ2v) is 4.99. The van der Waals surface area contributed by atoms with Gasteiger partial charge in [-0.25, -0.2) is 0 Å². The summed E-state index contributed by atoms with van der Waals surface area (Å²) in [7, 11) is 0. The minimum absolute atomic E-state index is 0. The van der Waals surface area contributed by atoms with Crippen LogP contribution in [0, 0.1) is 0 Å². The molecule has 2 rings (SSSR count). The van der Waals surface area contributed by atoms with Crippen molar-refractivity contribution in [1.29, 1.82) is 0 Å². The molecule has 0 saturated heterocycles. The van der Waals surface area contributed by atoms with E-state index in [-0.39, 0.29) is 68.6 Å². The Hall–Kier alpha value is -0.00870. The van der Waals surface area contributed by atoms with Crippen molar-refractivity contribution >= 4 is 23.2 Å². The summed E-state index contributed by atoms with van der Waals surface area (Å²) in [4.78, 5) is 0. The van der Waals surface area contributed by atoms with E-state index in [0.29, 0.717) is 5.39 Å². The van der Waals surface area contributed by atoms with Crippen LogP contribution in [0.15, 0.2) is 36.4 Å². The Morgan fingerprint density at radius 2 is 1.76 bits per heavy atom. The topological polar surface area (TPSA) is 9.23 Å². The number of fused-ring (bicyclic) bond motifs is 1. The van der Waals surface area contributed by atoms with Crippen molar-refractivity contribution in [3.05, 3.63) is 36.4 Å². The summed E-state index contributed by atoms with van der Waals surface area (Å²) in [5, 5.41) is 0.790. The average Bonchev–Trinajstić information content (AvgIpc) is 2.37. The van der Waals surface area contributed by atoms with E-state index in [0.717, 1.165) is 12.8 Å². The van der Waals surface area contributed by atoms with Crippen LogP contribution in [-0.4, -0.2) is 13.1 Å². The van der Waals surface area contributed by atoms with E-state index in [2.05, 4.69) is 0 Å². The SMILES string of the molecule is CCCC(C)Oc1ccc2ccccc2c1[B-](F)(F)F.[K+]. The van der Waals surface area contributed by atoms with Crippen LogP contribution in [0.3, 0.4) is 0 Å². The Morgan fingerprint density at radius 1 is 1.10 bits per heavy atom. The molecule has 0 spiro atoms. The van der Waals surface area contributed by atoms with Crippen molar-refractivity contribution in [1.82, 2.24) is 0 Å². The van der Waals surface area contributed by atoms with Crippen LogP contribution in [0.2, 0.25) is 0 Å². The van der Waals surface area contributed by atoms with Gasteiger partial charge in [0.15, 0.2) is 0 Å². The fraction of sp³-hybridized carbons (Fsp3) is 0.333. The molecule has 1 nitrogen and oxygen atoms in total. The van der Waals surface area contributed by atoms with Gasteiger partial charge in [0, 0.05) is 0 Å². The molecular formula is C15H17BF3KO. The van der Waals surface area contributed by atoms with Gasteiger partial charge >= 0.3 is 58.4 Å². The minimum Gasteiger partial charge on any atom is -0.494 e. The van der Waals surface area contributed by atoms with Gasteiger partial charge in [-0.3, -0.25) is 0 Å². The van der Waals surface area contributed by atoms with E-state index in [9.17, 15) is 12.9 Å². The first-order chi connectivity index (χ1) is 9.43. The molecule has 0 amide bonds. The summed E-state index contributed by atoms with van der Waals surface area (Å²) >= 11 is 0. The van der Waals surface area contributed by atoms with Crippen LogP contribution >= 0.6 is 0 Å². The smallest absolute Gasteiger partial charge is 0.494 e. The molecule has 0 aliphatic heterocycles. The molecule has 0 aliphatic rings. The van der Waals surface area contributed by atoms with Crippen molar-refractivity contribution in [2.24, 2.45) is 0 Å². The van der Waals surface area contributed by atoms with Crippen LogP contribution in [0.25, 0.3) is 10.8 Å². The molecule has 2 aromatic rings. The summed E-state index contributed by atoms with van der Waals surface area (Å²) in [6.07, 6.45) is 1.39. The van der Waals surface area contributed by atoms with E-state index >= 15 is 0 Å². The molecule has 6 heteroatoms. The van der Waals surface area contributed by atoms with Crippen molar-refractivity contribution in [3.8, 4) is 5.75 Å². The molecule has 0 N–H and O–H groups in total. The predicted octanol–water partition coefficient (Wildman–Crippen LogP) is 1.47. The maximum Gasteiger partial charge on any atom is 1.00 e. The fourth-order valence-corrected chi connectivity index (χ4v) is 2.40. The third kappa shape index (κ3) is 4.73. The van der Waals surface area contributed by atoms with E-state index in [4.69, 9.17) is 4.74 Å². The molecule has 0 saturated carbocycles. The van der Waals surface area contributed by atoms with Crippen molar-refractivity contribution in [2.75, 3.05) is 0 Å². The van der Waals surface area contributed by atoms with Gasteiger partial charge in [0.25, 0.3) is 0 Å². The van der Waals surface area contributed by atoms with E-state index in [1.807, 2.05) is 6.92 Å². The number of benzene rings is 2. The molecule has 108 valence electrons. The Morgan fingerprint density at radius 3 is 2.38 bits per heavy atom. The molecule has 0 fully saturated rings. The normalized spacial score (nSPS) is 12.8.